The van der Waals surface area contributed by atoms with Gasteiger partial charge in [-0.25, -0.2) is 4.98 Å². The van der Waals surface area contributed by atoms with Crippen molar-refractivity contribution < 1.29 is 4.42 Å². The van der Waals surface area contributed by atoms with Crippen LogP contribution in [0.3, 0.4) is 0 Å². The van der Waals surface area contributed by atoms with Gasteiger partial charge in [0.15, 0.2) is 11.4 Å². The van der Waals surface area contributed by atoms with E-state index in [1.807, 2.05) is 12.1 Å². The maximum Gasteiger partial charge on any atom is 0.222 e. The molecule has 2 N–H and O–H groups in total. The molecule has 0 saturated carbocycles. The first-order chi connectivity index (χ1) is 9.72. The van der Waals surface area contributed by atoms with E-state index >= 15 is 0 Å². The molecule has 1 aliphatic heterocycles. The standard InChI is InChI=1S/C14H13ClN4O/c15-8-3-4-10-9(7-8)11-12(20-10)13(18-14(16)17-11)19-5-1-2-6-19/h3-4,7H,1-2,5-6H2,(H2,16,17,18). The van der Waals surface area contributed by atoms with E-state index < -0.39 is 0 Å². The van der Waals surface area contributed by atoms with Crippen LogP contribution in [0.25, 0.3) is 22.1 Å². The molecule has 0 unspecified atom stereocenters. The molecule has 6 heteroatoms. The molecule has 20 heavy (non-hydrogen) atoms. The molecule has 2 aromatic heterocycles. The van der Waals surface area contributed by atoms with Crippen molar-refractivity contribution in [2.45, 2.75) is 12.8 Å². The smallest absolute Gasteiger partial charge is 0.222 e. The van der Waals surface area contributed by atoms with Gasteiger partial charge in [0.1, 0.15) is 11.1 Å². The highest BCUT2D eigenvalue weighted by Gasteiger charge is 2.21. The maximum absolute atomic E-state index is 6.06. The number of anilines is 2. The van der Waals surface area contributed by atoms with Crippen molar-refractivity contribution >= 4 is 45.4 Å². The molecule has 3 aromatic rings. The first-order valence-electron chi connectivity index (χ1n) is 6.62. The van der Waals surface area contributed by atoms with Crippen LogP contribution in [0.4, 0.5) is 11.8 Å². The van der Waals surface area contributed by atoms with E-state index in [1.165, 1.54) is 0 Å². The van der Waals surface area contributed by atoms with E-state index in [1.54, 1.807) is 6.07 Å². The van der Waals surface area contributed by atoms with Gasteiger partial charge in [-0.05, 0) is 31.0 Å². The number of halogens is 1. The summed E-state index contributed by atoms with van der Waals surface area (Å²) >= 11 is 6.06. The van der Waals surface area contributed by atoms with Crippen molar-refractivity contribution in [1.82, 2.24) is 9.97 Å². The molecule has 0 aliphatic carbocycles. The van der Waals surface area contributed by atoms with Gasteiger partial charge in [0.2, 0.25) is 5.95 Å². The predicted molar refractivity (Wildman–Crippen MR) is 80.2 cm³/mol. The summed E-state index contributed by atoms with van der Waals surface area (Å²) in [5.41, 5.74) is 8.04. The summed E-state index contributed by atoms with van der Waals surface area (Å²) in [4.78, 5) is 10.9. The van der Waals surface area contributed by atoms with E-state index in [0.717, 1.165) is 48.2 Å². The fourth-order valence-electron chi connectivity index (χ4n) is 2.76. The number of aromatic nitrogens is 2. The third-order valence-corrected chi connectivity index (χ3v) is 3.91. The Kier molecular flexibility index (Phi) is 2.50. The zero-order chi connectivity index (χ0) is 13.7. The van der Waals surface area contributed by atoms with E-state index in [0.29, 0.717) is 10.6 Å². The molecule has 0 amide bonds. The van der Waals surface area contributed by atoms with Crippen molar-refractivity contribution in [2.75, 3.05) is 23.7 Å². The van der Waals surface area contributed by atoms with Crippen molar-refractivity contribution in [3.8, 4) is 0 Å². The highest BCUT2D eigenvalue weighted by Crippen LogP contribution is 2.35. The first kappa shape index (κ1) is 11.8. The van der Waals surface area contributed by atoms with Gasteiger partial charge in [-0.15, -0.1) is 0 Å². The molecular formula is C14H13ClN4O. The van der Waals surface area contributed by atoms with Gasteiger partial charge < -0.3 is 15.1 Å². The van der Waals surface area contributed by atoms with Gasteiger partial charge in [0.05, 0.1) is 0 Å². The number of benzene rings is 1. The lowest BCUT2D eigenvalue weighted by Crippen LogP contribution is -2.19. The molecule has 1 aromatic carbocycles. The van der Waals surface area contributed by atoms with Crippen LogP contribution in [0.15, 0.2) is 22.6 Å². The van der Waals surface area contributed by atoms with E-state index in [9.17, 15) is 0 Å². The zero-order valence-corrected chi connectivity index (χ0v) is 11.5. The van der Waals surface area contributed by atoms with Gasteiger partial charge in [-0.1, -0.05) is 11.6 Å². The fourth-order valence-corrected chi connectivity index (χ4v) is 2.93. The Morgan fingerprint density at radius 1 is 1.20 bits per heavy atom. The maximum atomic E-state index is 6.06. The van der Waals surface area contributed by atoms with Crippen molar-refractivity contribution in [3.05, 3.63) is 23.2 Å². The lowest BCUT2D eigenvalue weighted by molar-refractivity contribution is 0.663. The molecule has 0 radical (unpaired) electrons. The summed E-state index contributed by atoms with van der Waals surface area (Å²) in [6, 6.07) is 5.50. The lowest BCUT2D eigenvalue weighted by atomic mass is 10.2. The van der Waals surface area contributed by atoms with E-state index in [-0.39, 0.29) is 5.95 Å². The second-order valence-corrected chi connectivity index (χ2v) is 5.46. The molecule has 5 nitrogen and oxygen atoms in total. The molecule has 0 bridgehead atoms. The van der Waals surface area contributed by atoms with Gasteiger partial charge in [-0.2, -0.15) is 4.98 Å². The number of furan rings is 1. The number of hydrogen-bond acceptors (Lipinski definition) is 5. The number of rotatable bonds is 1. The number of hydrogen-bond donors (Lipinski definition) is 1. The summed E-state index contributed by atoms with van der Waals surface area (Å²) in [5.74, 6) is 1.05. The van der Waals surface area contributed by atoms with E-state index in [2.05, 4.69) is 14.9 Å². The van der Waals surface area contributed by atoms with E-state index in [4.69, 9.17) is 21.8 Å². The van der Waals surface area contributed by atoms with Crippen LogP contribution in [0, 0.1) is 0 Å². The molecule has 4 rings (SSSR count). The van der Waals surface area contributed by atoms with Crippen LogP contribution in [0.5, 0.6) is 0 Å². The molecule has 0 atom stereocenters. The number of nitrogen functional groups attached to an aromatic ring is 1. The third-order valence-electron chi connectivity index (χ3n) is 3.68. The number of nitrogens with two attached hydrogens (primary N) is 1. The quantitative estimate of drug-likeness (QED) is 0.744. The Labute approximate surface area is 120 Å². The van der Waals surface area contributed by atoms with Crippen LogP contribution in [0.1, 0.15) is 12.8 Å². The highest BCUT2D eigenvalue weighted by molar-refractivity contribution is 6.31. The Morgan fingerprint density at radius 3 is 2.80 bits per heavy atom. The fraction of sp³-hybridized carbons (Fsp3) is 0.286. The highest BCUT2D eigenvalue weighted by atomic mass is 35.5. The van der Waals surface area contributed by atoms with Crippen LogP contribution < -0.4 is 10.6 Å². The normalized spacial score (nSPS) is 15.6. The molecule has 3 heterocycles. The van der Waals surface area contributed by atoms with Crippen molar-refractivity contribution in [1.29, 1.82) is 0 Å². The van der Waals surface area contributed by atoms with Gasteiger partial charge in [-0.3, -0.25) is 0 Å². The van der Waals surface area contributed by atoms with Gasteiger partial charge >= 0.3 is 0 Å². The van der Waals surface area contributed by atoms with Gasteiger partial charge in [0.25, 0.3) is 0 Å². The minimum atomic E-state index is 0.266. The lowest BCUT2D eigenvalue weighted by Gasteiger charge is -2.16. The summed E-state index contributed by atoms with van der Waals surface area (Å²) in [6.07, 6.45) is 2.33. The van der Waals surface area contributed by atoms with Crippen LogP contribution >= 0.6 is 11.6 Å². The number of nitrogens with zero attached hydrogens (tertiary/aromatic N) is 3. The third kappa shape index (κ3) is 1.70. The van der Waals surface area contributed by atoms with Crippen LogP contribution in [-0.4, -0.2) is 23.1 Å². The topological polar surface area (TPSA) is 68.2 Å². The minimum absolute atomic E-state index is 0.266. The molecule has 1 aliphatic rings. The molecule has 102 valence electrons. The molecular weight excluding hydrogens is 276 g/mol. The largest absolute Gasteiger partial charge is 0.450 e. The monoisotopic (exact) mass is 288 g/mol. The van der Waals surface area contributed by atoms with Crippen LogP contribution in [0.2, 0.25) is 5.02 Å². The minimum Gasteiger partial charge on any atom is -0.450 e. The second kappa shape index (κ2) is 4.24. The zero-order valence-electron chi connectivity index (χ0n) is 10.8. The summed E-state index contributed by atoms with van der Waals surface area (Å²) in [5, 5.41) is 1.53. The van der Waals surface area contributed by atoms with Crippen molar-refractivity contribution in [2.24, 2.45) is 0 Å². The summed E-state index contributed by atoms with van der Waals surface area (Å²) in [7, 11) is 0. The molecule has 0 spiro atoms. The second-order valence-electron chi connectivity index (χ2n) is 5.02. The first-order valence-corrected chi connectivity index (χ1v) is 7.00. The Balaban J connectivity index is 2.06. The summed E-state index contributed by atoms with van der Waals surface area (Å²) < 4.78 is 5.93. The average molecular weight is 289 g/mol. The predicted octanol–water partition coefficient (Wildman–Crippen LogP) is 3.21. The number of fused-ring (bicyclic) bond motifs is 3. The Morgan fingerprint density at radius 2 is 2.00 bits per heavy atom. The van der Waals surface area contributed by atoms with Crippen molar-refractivity contribution in [3.63, 3.8) is 0 Å². The molecule has 1 fully saturated rings. The van der Waals surface area contributed by atoms with Gasteiger partial charge in [0, 0.05) is 23.5 Å². The summed E-state index contributed by atoms with van der Waals surface area (Å²) in [6.45, 7) is 1.95. The Bertz CT molecular complexity index is 808. The van der Waals surface area contributed by atoms with Crippen LogP contribution in [-0.2, 0) is 0 Å². The Hall–Kier alpha value is -2.01. The molecule has 1 saturated heterocycles. The SMILES string of the molecule is Nc1nc(N2CCCC2)c2oc3ccc(Cl)cc3c2n1. The average Bonchev–Trinajstić information content (AvgIpc) is 3.05.